The van der Waals surface area contributed by atoms with Gasteiger partial charge in [-0.15, -0.1) is 12.0 Å². The van der Waals surface area contributed by atoms with Crippen LogP contribution in [0.1, 0.15) is 25.7 Å². The molecule has 0 aromatic carbocycles. The Kier molecular flexibility index (Phi) is 8.40. The molecule has 0 aliphatic carbocycles. The highest BCUT2D eigenvalue weighted by Gasteiger charge is 2.06. The Bertz CT molecular complexity index is 323. The Morgan fingerprint density at radius 1 is 1.00 bits per heavy atom. The Balaban J connectivity index is 3.52. The second-order valence-electron chi connectivity index (χ2n) is 4.78. The van der Waals surface area contributed by atoms with Crippen LogP contribution in [-0.2, 0) is 0 Å². The topological polar surface area (TPSA) is 0 Å². The number of hydrogen-bond acceptors (Lipinski definition) is 0. The average Bonchev–Trinajstić information content (AvgIpc) is 2.19. The van der Waals surface area contributed by atoms with Gasteiger partial charge in [-0.05, 0) is 37.8 Å². The molecule has 0 rings (SSSR count). The molecule has 0 unspecified atom stereocenters. The maximum absolute atomic E-state index is 5.10. The fourth-order valence-corrected chi connectivity index (χ4v) is 1.59. The van der Waals surface area contributed by atoms with Gasteiger partial charge in [-0.1, -0.05) is 43.6 Å². The van der Waals surface area contributed by atoms with Gasteiger partial charge in [0.1, 0.15) is 8.07 Å². The summed E-state index contributed by atoms with van der Waals surface area (Å²) in [6.45, 7) is 6.77. The fourth-order valence-electron chi connectivity index (χ4n) is 1.08. The van der Waals surface area contributed by atoms with Gasteiger partial charge in [0.15, 0.2) is 0 Å². The molecule has 0 spiro atoms. The molecule has 0 amide bonds. The molecule has 0 heterocycles. The second-order valence-corrected chi connectivity index (χ2v) is 9.53. The van der Waals surface area contributed by atoms with Crippen molar-refractivity contribution in [1.82, 2.24) is 0 Å². The maximum Gasteiger partial charge on any atom is 0.129 e. The molecule has 0 saturated carbocycles. The van der Waals surface area contributed by atoms with Crippen molar-refractivity contribution in [3.63, 3.8) is 0 Å². The normalized spacial score (nSPS) is 11.4. The minimum atomic E-state index is -1.19. The number of terminal acetylenes is 1. The highest BCUT2D eigenvalue weighted by atomic mass is 28.3. The van der Waals surface area contributed by atoms with Crippen molar-refractivity contribution in [2.45, 2.75) is 45.3 Å². The fraction of sp³-hybridized carbons (Fsp3) is 0.467. The van der Waals surface area contributed by atoms with Crippen LogP contribution in [0.25, 0.3) is 0 Å². The molecule has 1 heteroatoms. The highest BCUT2D eigenvalue weighted by Crippen LogP contribution is 2.01. The van der Waals surface area contributed by atoms with Gasteiger partial charge in [-0.2, -0.15) is 0 Å². The standard InChI is InChI=1S/C15H22Si/c1-5-6-7-8-9-10-11-12-13-14-15-16(2,3)4/h1,6-7,12-13H,8-11H2,2-4H3/b7-6-,13-12-. The predicted octanol–water partition coefficient (Wildman–Crippen LogP) is 4.17. The second kappa shape index (κ2) is 9.07. The van der Waals surface area contributed by atoms with E-state index in [1.54, 1.807) is 6.08 Å². The monoisotopic (exact) mass is 230 g/mol. The van der Waals surface area contributed by atoms with Crippen LogP contribution in [-0.4, -0.2) is 8.07 Å². The van der Waals surface area contributed by atoms with Crippen LogP contribution in [0.2, 0.25) is 19.6 Å². The van der Waals surface area contributed by atoms with Gasteiger partial charge < -0.3 is 0 Å². The van der Waals surface area contributed by atoms with Crippen molar-refractivity contribution in [3.8, 4) is 23.8 Å². The summed E-state index contributed by atoms with van der Waals surface area (Å²) >= 11 is 0. The minimum Gasteiger partial charge on any atom is -0.127 e. The molecule has 0 aromatic heterocycles. The molecule has 0 bridgehead atoms. The number of allylic oxidation sites excluding steroid dienone is 4. The largest absolute Gasteiger partial charge is 0.129 e. The van der Waals surface area contributed by atoms with E-state index in [4.69, 9.17) is 6.42 Å². The van der Waals surface area contributed by atoms with Gasteiger partial charge >= 0.3 is 0 Å². The molecule has 0 aliphatic rings. The van der Waals surface area contributed by atoms with Gasteiger partial charge in [-0.25, -0.2) is 0 Å². The van der Waals surface area contributed by atoms with Crippen molar-refractivity contribution in [3.05, 3.63) is 24.3 Å². The maximum atomic E-state index is 5.10. The first-order chi connectivity index (χ1) is 7.56. The first kappa shape index (κ1) is 14.8. The number of hydrogen-bond donors (Lipinski definition) is 0. The van der Waals surface area contributed by atoms with Crippen LogP contribution in [0.5, 0.6) is 0 Å². The number of rotatable bonds is 5. The van der Waals surface area contributed by atoms with E-state index in [9.17, 15) is 0 Å². The lowest BCUT2D eigenvalue weighted by Crippen LogP contribution is -2.16. The summed E-state index contributed by atoms with van der Waals surface area (Å²) in [5.74, 6) is 5.62. The van der Waals surface area contributed by atoms with Crippen LogP contribution in [0.15, 0.2) is 24.3 Å². The summed E-state index contributed by atoms with van der Waals surface area (Å²) < 4.78 is 0. The van der Waals surface area contributed by atoms with Gasteiger partial charge in [0.2, 0.25) is 0 Å². The molecular formula is C15H22Si. The van der Waals surface area contributed by atoms with E-state index < -0.39 is 8.07 Å². The molecule has 0 aliphatic heterocycles. The zero-order valence-corrected chi connectivity index (χ0v) is 11.7. The van der Waals surface area contributed by atoms with E-state index in [0.29, 0.717) is 0 Å². The molecule has 0 fully saturated rings. The van der Waals surface area contributed by atoms with Crippen LogP contribution < -0.4 is 0 Å². The summed E-state index contributed by atoms with van der Waals surface area (Å²) in [4.78, 5) is 0. The molecule has 0 radical (unpaired) electrons. The molecule has 0 N–H and O–H groups in total. The molecular weight excluding hydrogens is 208 g/mol. The predicted molar refractivity (Wildman–Crippen MR) is 76.7 cm³/mol. The van der Waals surface area contributed by atoms with Crippen LogP contribution in [0.3, 0.4) is 0 Å². The molecule has 86 valence electrons. The van der Waals surface area contributed by atoms with Gasteiger partial charge in [0.25, 0.3) is 0 Å². The van der Waals surface area contributed by atoms with E-state index in [1.807, 2.05) is 6.08 Å². The molecule has 0 aromatic rings. The summed E-state index contributed by atoms with van der Waals surface area (Å²) in [5.41, 5.74) is 3.31. The van der Waals surface area contributed by atoms with Gasteiger partial charge in [0, 0.05) is 0 Å². The first-order valence-corrected chi connectivity index (χ1v) is 9.35. The van der Waals surface area contributed by atoms with Crippen molar-refractivity contribution in [2.24, 2.45) is 0 Å². The zero-order valence-electron chi connectivity index (χ0n) is 10.7. The molecule has 0 atom stereocenters. The van der Waals surface area contributed by atoms with Crippen molar-refractivity contribution >= 4 is 8.07 Å². The summed E-state index contributed by atoms with van der Waals surface area (Å²) in [6, 6.07) is 0. The third-order valence-corrected chi connectivity index (χ3v) is 2.75. The lowest BCUT2D eigenvalue weighted by atomic mass is 10.2. The van der Waals surface area contributed by atoms with Crippen molar-refractivity contribution in [2.75, 3.05) is 0 Å². The molecule has 16 heavy (non-hydrogen) atoms. The van der Waals surface area contributed by atoms with Crippen LogP contribution in [0, 0.1) is 23.8 Å². The summed E-state index contributed by atoms with van der Waals surface area (Å²) in [7, 11) is -1.19. The lowest BCUT2D eigenvalue weighted by molar-refractivity contribution is 0.762. The van der Waals surface area contributed by atoms with Crippen molar-refractivity contribution in [1.29, 1.82) is 0 Å². The summed E-state index contributed by atoms with van der Waals surface area (Å²) in [6.07, 6.45) is 17.7. The average molecular weight is 230 g/mol. The third kappa shape index (κ3) is 12.8. The summed E-state index contributed by atoms with van der Waals surface area (Å²) in [5, 5.41) is 0. The Morgan fingerprint density at radius 3 is 2.06 bits per heavy atom. The lowest BCUT2D eigenvalue weighted by Gasteiger charge is -2.02. The van der Waals surface area contributed by atoms with E-state index in [1.165, 1.54) is 12.8 Å². The Labute approximate surface area is 102 Å². The smallest absolute Gasteiger partial charge is 0.127 e. The van der Waals surface area contributed by atoms with E-state index in [0.717, 1.165) is 12.8 Å². The van der Waals surface area contributed by atoms with E-state index in [2.05, 4.69) is 49.2 Å². The van der Waals surface area contributed by atoms with Gasteiger partial charge in [-0.3, -0.25) is 0 Å². The number of unbranched alkanes of at least 4 members (excludes halogenated alkanes) is 3. The van der Waals surface area contributed by atoms with E-state index >= 15 is 0 Å². The zero-order chi connectivity index (χ0) is 12.3. The van der Waals surface area contributed by atoms with E-state index in [-0.39, 0.29) is 0 Å². The SMILES string of the molecule is C#C/C=C\CCCC/C=C\C#C[Si](C)(C)C. The van der Waals surface area contributed by atoms with Gasteiger partial charge in [0.05, 0.1) is 0 Å². The van der Waals surface area contributed by atoms with Crippen molar-refractivity contribution < 1.29 is 0 Å². The van der Waals surface area contributed by atoms with Crippen LogP contribution >= 0.6 is 0 Å². The highest BCUT2D eigenvalue weighted by molar-refractivity contribution is 6.83. The molecule has 0 saturated heterocycles. The Hall–Kier alpha value is -1.18. The minimum absolute atomic E-state index is 1.08. The first-order valence-electron chi connectivity index (χ1n) is 5.85. The quantitative estimate of drug-likeness (QED) is 0.378. The molecule has 0 nitrogen and oxygen atoms in total. The third-order valence-electron chi connectivity index (χ3n) is 1.85. The van der Waals surface area contributed by atoms with Crippen LogP contribution in [0.4, 0.5) is 0 Å². The Morgan fingerprint density at radius 2 is 1.56 bits per heavy atom.